The number of carbonyl (C=O) groups excluding carboxylic acids is 2. The van der Waals surface area contributed by atoms with Crippen LogP contribution in [-0.2, 0) is 19.8 Å². The second-order valence-corrected chi connectivity index (χ2v) is 13.8. The summed E-state index contributed by atoms with van der Waals surface area (Å²) < 4.78 is 10.6. The Hall–Kier alpha value is -5.24. The lowest BCUT2D eigenvalue weighted by Gasteiger charge is -2.37. The lowest BCUT2D eigenvalue weighted by Crippen LogP contribution is -2.49. The van der Waals surface area contributed by atoms with Gasteiger partial charge in [0.1, 0.15) is 12.6 Å². The van der Waals surface area contributed by atoms with Gasteiger partial charge in [0.25, 0.3) is 0 Å². The van der Waals surface area contributed by atoms with E-state index in [0.29, 0.717) is 6.54 Å². The number of nitrogens with two attached hydrogens (primary N) is 1. The molecule has 6 rings (SSSR count). The zero-order valence-corrected chi connectivity index (χ0v) is 30.2. The Balaban J connectivity index is 0.000000774. The maximum Gasteiger partial charge on any atom is 0.407 e. The molecule has 0 saturated heterocycles. The number of primary amides is 1. The molecule has 7 heteroatoms. The van der Waals surface area contributed by atoms with Crippen LogP contribution in [0.4, 0.5) is 4.79 Å². The van der Waals surface area contributed by atoms with Crippen LogP contribution in [0.15, 0.2) is 133 Å². The molecule has 4 N–H and O–H groups in total. The number of nitrogens with one attached hydrogen (secondary N) is 2. The highest BCUT2D eigenvalue weighted by Crippen LogP contribution is 2.44. The molecule has 0 heterocycles. The second-order valence-electron chi connectivity index (χ2n) is 13.8. The minimum absolute atomic E-state index is 0.0417. The molecule has 1 aliphatic rings. The fourth-order valence-electron chi connectivity index (χ4n) is 6.46. The smallest absolute Gasteiger partial charge is 0.407 e. The molecule has 0 saturated carbocycles. The van der Waals surface area contributed by atoms with Gasteiger partial charge < -0.3 is 20.5 Å². The van der Waals surface area contributed by atoms with Crippen LogP contribution in [0.5, 0.6) is 0 Å². The quantitative estimate of drug-likeness (QED) is 0.122. The van der Waals surface area contributed by atoms with Crippen molar-refractivity contribution in [3.05, 3.63) is 167 Å². The molecule has 0 fully saturated rings. The van der Waals surface area contributed by atoms with E-state index in [1.165, 1.54) is 0 Å². The van der Waals surface area contributed by atoms with E-state index in [2.05, 4.69) is 90.4 Å². The number of alkyl carbamates (subject to hydrolysis) is 1. The Morgan fingerprint density at radius 1 is 0.706 bits per heavy atom. The van der Waals surface area contributed by atoms with Crippen LogP contribution in [-0.4, -0.2) is 43.9 Å². The van der Waals surface area contributed by atoms with Crippen molar-refractivity contribution in [3.8, 4) is 11.1 Å². The highest BCUT2D eigenvalue weighted by Gasteiger charge is 2.36. The van der Waals surface area contributed by atoms with Gasteiger partial charge in [-0.15, -0.1) is 0 Å². The number of methoxy groups -OCH3 is 1. The summed E-state index contributed by atoms with van der Waals surface area (Å²) in [6, 6.07) is 44.3. The van der Waals surface area contributed by atoms with Gasteiger partial charge in [-0.25, -0.2) is 4.79 Å². The van der Waals surface area contributed by atoms with Gasteiger partial charge in [-0.2, -0.15) is 0 Å². The molecular formula is C44H49N3O4. The van der Waals surface area contributed by atoms with E-state index in [-0.39, 0.29) is 24.5 Å². The zero-order valence-electron chi connectivity index (χ0n) is 30.2. The number of fused-ring (bicyclic) bond motifs is 3. The number of hydrogen-bond donors (Lipinski definition) is 3. The highest BCUT2D eigenvalue weighted by molar-refractivity contribution is 5.84. The Kier molecular flexibility index (Phi) is 12.1. The largest absolute Gasteiger partial charge is 0.449 e. The topological polar surface area (TPSA) is 103 Å². The van der Waals surface area contributed by atoms with Crippen molar-refractivity contribution < 1.29 is 19.1 Å². The number of hydrogen-bond acceptors (Lipinski definition) is 5. The monoisotopic (exact) mass is 683 g/mol. The predicted molar refractivity (Wildman–Crippen MR) is 205 cm³/mol. The number of amides is 2. The van der Waals surface area contributed by atoms with E-state index in [4.69, 9.17) is 15.2 Å². The van der Waals surface area contributed by atoms with Crippen molar-refractivity contribution in [2.75, 3.05) is 20.3 Å². The van der Waals surface area contributed by atoms with E-state index in [1.807, 2.05) is 81.4 Å². The van der Waals surface area contributed by atoms with Crippen LogP contribution < -0.4 is 16.4 Å². The second kappa shape index (κ2) is 16.6. The number of carbonyl (C=O) groups is 2. The van der Waals surface area contributed by atoms with Gasteiger partial charge in [-0.05, 0) is 79.6 Å². The molecule has 0 spiro atoms. The molecule has 2 amide bonds. The summed E-state index contributed by atoms with van der Waals surface area (Å²) in [6.45, 7) is 8.67. The predicted octanol–water partition coefficient (Wildman–Crippen LogP) is 8.09. The first-order valence-electron chi connectivity index (χ1n) is 17.4. The van der Waals surface area contributed by atoms with Crippen molar-refractivity contribution in [1.82, 2.24) is 10.6 Å². The van der Waals surface area contributed by atoms with Crippen LogP contribution in [0.25, 0.3) is 11.1 Å². The Bertz CT molecular complexity index is 1800. The summed E-state index contributed by atoms with van der Waals surface area (Å²) >= 11 is 0. The number of rotatable bonds is 11. The summed E-state index contributed by atoms with van der Waals surface area (Å²) in [5, 5.41) is 6.48. The molecule has 0 aliphatic heterocycles. The maximum absolute atomic E-state index is 13.0. The van der Waals surface area contributed by atoms with Gasteiger partial charge in [0, 0.05) is 13.0 Å². The Labute approximate surface area is 302 Å². The molecule has 0 aromatic heterocycles. The maximum atomic E-state index is 13.0. The van der Waals surface area contributed by atoms with Crippen molar-refractivity contribution in [3.63, 3.8) is 0 Å². The summed E-state index contributed by atoms with van der Waals surface area (Å²) in [6.07, 6.45) is -0.399. The first-order chi connectivity index (χ1) is 24.5. The van der Waals surface area contributed by atoms with E-state index < -0.39 is 23.6 Å². The molecule has 1 aliphatic carbocycles. The minimum Gasteiger partial charge on any atom is -0.449 e. The highest BCUT2D eigenvalue weighted by atomic mass is 16.5. The molecule has 5 aromatic carbocycles. The number of benzene rings is 5. The van der Waals surface area contributed by atoms with Crippen LogP contribution in [0.1, 0.15) is 66.5 Å². The molecule has 0 bridgehead atoms. The molecular weight excluding hydrogens is 635 g/mol. The lowest BCUT2D eigenvalue weighted by atomic mass is 9.76. The van der Waals surface area contributed by atoms with Crippen LogP contribution in [0, 0.1) is 6.92 Å². The first kappa shape index (κ1) is 37.0. The molecule has 5 aromatic rings. The molecule has 51 heavy (non-hydrogen) atoms. The molecule has 0 radical (unpaired) electrons. The van der Waals surface area contributed by atoms with E-state index in [1.54, 1.807) is 7.11 Å². The number of ether oxygens (including phenoxy) is 2. The average molecular weight is 684 g/mol. The lowest BCUT2D eigenvalue weighted by molar-refractivity contribution is -0.120. The van der Waals surface area contributed by atoms with Crippen molar-refractivity contribution in [2.45, 2.75) is 57.2 Å². The molecule has 7 nitrogen and oxygen atoms in total. The summed E-state index contributed by atoms with van der Waals surface area (Å²) in [5.74, 6) is -0.700. The Morgan fingerprint density at radius 3 is 1.63 bits per heavy atom. The summed E-state index contributed by atoms with van der Waals surface area (Å²) in [4.78, 5) is 25.6. The zero-order chi connectivity index (χ0) is 36.4. The van der Waals surface area contributed by atoms with E-state index in [0.717, 1.165) is 44.5 Å². The first-order valence-corrected chi connectivity index (χ1v) is 17.4. The summed E-state index contributed by atoms with van der Waals surface area (Å²) in [7, 11) is 1.71. The third-order valence-corrected chi connectivity index (χ3v) is 9.31. The number of aryl methyl sites for hydroxylation is 1. The molecule has 264 valence electrons. The van der Waals surface area contributed by atoms with E-state index >= 15 is 0 Å². The standard InChI is InChI=1S/C39H37N3O3.C5H12O/c1-27-20-22-30(23-21-27)39(28-12-4-2-5-13-28,29-14-6-3-7-15-29)41-25-24-36(37(40)43)42-38(44)45-26-35-33-18-10-8-16-31(33)32-17-9-11-19-34(32)35;1-5(2,3)6-4/h2-23,35-36,41H,24-26H2,1H3,(H2,40,43)(H,42,44);1-4H3/t36-;/m0./s1. The van der Waals surface area contributed by atoms with Gasteiger partial charge in [0.05, 0.1) is 11.1 Å². The van der Waals surface area contributed by atoms with Gasteiger partial charge in [0.15, 0.2) is 0 Å². The normalized spacial score (nSPS) is 12.9. The molecule has 1 atom stereocenters. The fourth-order valence-corrected chi connectivity index (χ4v) is 6.46. The van der Waals surface area contributed by atoms with Gasteiger partial charge >= 0.3 is 6.09 Å². The van der Waals surface area contributed by atoms with E-state index in [9.17, 15) is 9.59 Å². The third kappa shape index (κ3) is 8.92. The van der Waals surface area contributed by atoms with Gasteiger partial charge in [-0.3, -0.25) is 10.1 Å². The summed E-state index contributed by atoms with van der Waals surface area (Å²) in [5.41, 5.74) is 14.0. The fraction of sp³-hybridized carbons (Fsp3) is 0.273. The third-order valence-electron chi connectivity index (χ3n) is 9.31. The van der Waals surface area contributed by atoms with Crippen molar-refractivity contribution in [1.29, 1.82) is 0 Å². The van der Waals surface area contributed by atoms with Crippen LogP contribution >= 0.6 is 0 Å². The minimum atomic E-state index is -0.921. The van der Waals surface area contributed by atoms with Crippen LogP contribution in [0.3, 0.4) is 0 Å². The van der Waals surface area contributed by atoms with Crippen molar-refractivity contribution >= 4 is 12.0 Å². The van der Waals surface area contributed by atoms with Gasteiger partial charge in [-0.1, -0.05) is 139 Å². The van der Waals surface area contributed by atoms with Crippen LogP contribution in [0.2, 0.25) is 0 Å². The van der Waals surface area contributed by atoms with Crippen molar-refractivity contribution in [2.24, 2.45) is 5.73 Å². The molecule has 0 unspecified atom stereocenters. The average Bonchev–Trinajstić information content (AvgIpc) is 3.46. The SMILES string of the molecule is COC(C)(C)C.Cc1ccc(C(NCC[C@H](NC(=O)OCC2c3ccccc3-c3ccccc32)C(N)=O)(c2ccccc2)c2ccccc2)cc1. The van der Waals surface area contributed by atoms with Gasteiger partial charge in [0.2, 0.25) is 5.91 Å². The Morgan fingerprint density at radius 2 is 1.16 bits per heavy atom.